The molecule has 34 heavy (non-hydrogen) atoms. The van der Waals surface area contributed by atoms with Crippen LogP contribution in [-0.2, 0) is 32.1 Å². The second-order valence-electron chi connectivity index (χ2n) is 9.15. The quantitative estimate of drug-likeness (QED) is 0.452. The van der Waals surface area contributed by atoms with Crippen LogP contribution in [0.15, 0.2) is 53.7 Å². The molecule has 0 aromatic heterocycles. The molecule has 2 aromatic carbocycles. The van der Waals surface area contributed by atoms with Gasteiger partial charge in [-0.15, -0.1) is 0 Å². The smallest absolute Gasteiger partial charge is 0.410 e. The maximum Gasteiger partial charge on any atom is 0.410 e. The lowest BCUT2D eigenvalue weighted by atomic mass is 9.89. The first-order valence-corrected chi connectivity index (χ1v) is 11.5. The van der Waals surface area contributed by atoms with Crippen molar-refractivity contribution in [1.82, 2.24) is 4.90 Å². The third-order valence-electron chi connectivity index (χ3n) is 5.12. The molecule has 0 bridgehead atoms. The molecule has 9 heteroatoms. The van der Waals surface area contributed by atoms with E-state index in [1.54, 1.807) is 39.0 Å². The van der Waals surface area contributed by atoms with Crippen molar-refractivity contribution >= 4 is 41.0 Å². The number of halogens is 2. The second kappa shape index (κ2) is 10.7. The zero-order valence-electron chi connectivity index (χ0n) is 19.6. The number of esters is 1. The van der Waals surface area contributed by atoms with Crippen molar-refractivity contribution in [3.05, 3.63) is 69.7 Å². The third-order valence-corrected chi connectivity index (χ3v) is 5.73. The van der Waals surface area contributed by atoms with E-state index in [9.17, 15) is 9.59 Å². The zero-order valence-corrected chi connectivity index (χ0v) is 21.2. The maximum absolute atomic E-state index is 13.0. The van der Waals surface area contributed by atoms with Gasteiger partial charge in [-0.05, 0) is 50.1 Å². The number of hydrogen-bond acceptors (Lipinski definition) is 6. The lowest BCUT2D eigenvalue weighted by Crippen LogP contribution is -2.44. The molecule has 0 fully saturated rings. The summed E-state index contributed by atoms with van der Waals surface area (Å²) >= 11 is 12.5. The fourth-order valence-electron chi connectivity index (χ4n) is 3.62. The second-order valence-corrected chi connectivity index (χ2v) is 9.99. The Morgan fingerprint density at radius 3 is 2.47 bits per heavy atom. The van der Waals surface area contributed by atoms with E-state index in [-0.39, 0.29) is 25.9 Å². The van der Waals surface area contributed by atoms with Gasteiger partial charge in [-0.25, -0.2) is 9.59 Å². The van der Waals surface area contributed by atoms with Crippen LogP contribution in [0.4, 0.5) is 4.79 Å². The topological polar surface area (TPSA) is 77.4 Å². The monoisotopic (exact) mass is 506 g/mol. The average molecular weight is 507 g/mol. The number of methoxy groups -OCH3 is 1. The van der Waals surface area contributed by atoms with Gasteiger partial charge in [-0.3, -0.25) is 4.90 Å². The van der Waals surface area contributed by atoms with Gasteiger partial charge in [0, 0.05) is 22.9 Å². The Bertz CT molecular complexity index is 1070. The Balaban J connectivity index is 1.83. The molecular weight excluding hydrogens is 479 g/mol. The molecule has 1 heterocycles. The molecule has 1 amide bonds. The van der Waals surface area contributed by atoms with Crippen molar-refractivity contribution < 1.29 is 23.9 Å². The van der Waals surface area contributed by atoms with E-state index in [0.29, 0.717) is 21.3 Å². The van der Waals surface area contributed by atoms with E-state index < -0.39 is 23.3 Å². The van der Waals surface area contributed by atoms with Gasteiger partial charge >= 0.3 is 12.1 Å². The Kier molecular flexibility index (Phi) is 8.10. The van der Waals surface area contributed by atoms with Crippen molar-refractivity contribution in [2.24, 2.45) is 5.16 Å². The number of nitrogens with zero attached hydrogens (tertiary/aromatic N) is 2. The molecule has 3 rings (SSSR count). The number of oxime groups is 1. The van der Waals surface area contributed by atoms with Crippen LogP contribution in [-0.4, -0.2) is 47.5 Å². The molecule has 0 radical (unpaired) electrons. The van der Waals surface area contributed by atoms with Gasteiger partial charge in [0.15, 0.2) is 0 Å². The van der Waals surface area contributed by atoms with E-state index in [1.807, 2.05) is 30.3 Å². The summed E-state index contributed by atoms with van der Waals surface area (Å²) in [5.74, 6) is -0.531. The highest BCUT2D eigenvalue weighted by Crippen LogP contribution is 2.31. The normalized spacial score (nSPS) is 17.5. The first kappa shape index (κ1) is 25.8. The Labute approximate surface area is 209 Å². The van der Waals surface area contributed by atoms with Crippen LogP contribution in [0, 0.1) is 0 Å². The molecule has 0 saturated carbocycles. The molecule has 0 N–H and O–H groups in total. The van der Waals surface area contributed by atoms with E-state index in [4.69, 9.17) is 37.5 Å². The van der Waals surface area contributed by atoms with Crippen LogP contribution in [0.1, 0.15) is 38.3 Å². The Morgan fingerprint density at radius 1 is 1.12 bits per heavy atom. The summed E-state index contributed by atoms with van der Waals surface area (Å²) in [4.78, 5) is 32.9. The predicted molar refractivity (Wildman–Crippen MR) is 131 cm³/mol. The molecule has 7 nitrogen and oxygen atoms in total. The SMILES string of the molecule is COC(=O)C1(Cc2ccccc2)CC(CN(Cc2cc(Cl)ccc2Cl)C(=O)OC(C)(C)C)=NO1. The van der Waals surface area contributed by atoms with Gasteiger partial charge in [0.25, 0.3) is 0 Å². The van der Waals surface area contributed by atoms with E-state index in [2.05, 4.69) is 5.16 Å². The van der Waals surface area contributed by atoms with Crippen molar-refractivity contribution in [1.29, 1.82) is 0 Å². The van der Waals surface area contributed by atoms with Crippen LogP contribution >= 0.6 is 23.2 Å². The molecule has 0 saturated heterocycles. The van der Waals surface area contributed by atoms with E-state index in [1.165, 1.54) is 12.0 Å². The fourth-order valence-corrected chi connectivity index (χ4v) is 3.99. The van der Waals surface area contributed by atoms with Crippen molar-refractivity contribution in [2.75, 3.05) is 13.7 Å². The van der Waals surface area contributed by atoms with E-state index in [0.717, 1.165) is 5.56 Å². The van der Waals surface area contributed by atoms with Gasteiger partial charge < -0.3 is 14.3 Å². The van der Waals surface area contributed by atoms with Crippen molar-refractivity contribution in [3.8, 4) is 0 Å². The average Bonchev–Trinajstić information content (AvgIpc) is 3.18. The standard InChI is InChI=1S/C25H28Cl2N2O5/c1-24(2,3)33-23(31)29(15-18-12-19(26)10-11-21(18)27)16-20-14-25(34-28-20,22(30)32-4)13-17-8-6-5-7-9-17/h5-12H,13-16H2,1-4H3. The van der Waals surface area contributed by atoms with Crippen molar-refractivity contribution in [2.45, 2.75) is 51.4 Å². The van der Waals surface area contributed by atoms with Gasteiger partial charge in [0.1, 0.15) is 5.60 Å². The Hall–Kier alpha value is -2.77. The summed E-state index contributed by atoms with van der Waals surface area (Å²) in [7, 11) is 1.31. The Morgan fingerprint density at radius 2 is 1.82 bits per heavy atom. The fraction of sp³-hybridized carbons (Fsp3) is 0.400. The summed E-state index contributed by atoms with van der Waals surface area (Å²) in [6.45, 7) is 5.57. The largest absolute Gasteiger partial charge is 0.466 e. The first-order chi connectivity index (χ1) is 16.0. The molecular formula is C25H28Cl2N2O5. The van der Waals surface area contributed by atoms with Crippen LogP contribution < -0.4 is 0 Å². The number of hydrogen-bond donors (Lipinski definition) is 0. The van der Waals surface area contributed by atoms with Gasteiger partial charge in [0.2, 0.25) is 5.60 Å². The molecule has 0 aliphatic carbocycles. The summed E-state index contributed by atoms with van der Waals surface area (Å²) < 4.78 is 10.6. The maximum atomic E-state index is 13.0. The molecule has 182 valence electrons. The number of carbonyl (C=O) groups is 2. The van der Waals surface area contributed by atoms with Crippen LogP contribution in [0.3, 0.4) is 0 Å². The minimum Gasteiger partial charge on any atom is -0.466 e. The number of amides is 1. The zero-order chi connectivity index (χ0) is 24.9. The number of rotatable bonds is 7. The highest BCUT2D eigenvalue weighted by atomic mass is 35.5. The molecule has 1 atom stereocenters. The van der Waals surface area contributed by atoms with Gasteiger partial charge in [0.05, 0.1) is 25.9 Å². The minimum atomic E-state index is -1.31. The molecule has 1 aliphatic heterocycles. The van der Waals surface area contributed by atoms with Gasteiger partial charge in [-0.1, -0.05) is 58.7 Å². The molecule has 0 spiro atoms. The lowest BCUT2D eigenvalue weighted by Gasteiger charge is -2.28. The van der Waals surface area contributed by atoms with Crippen LogP contribution in [0.2, 0.25) is 10.0 Å². The highest BCUT2D eigenvalue weighted by molar-refractivity contribution is 6.33. The molecule has 1 aliphatic rings. The lowest BCUT2D eigenvalue weighted by molar-refractivity contribution is -0.166. The summed E-state index contributed by atoms with van der Waals surface area (Å²) in [5.41, 5.74) is 0.0518. The number of carbonyl (C=O) groups excluding carboxylic acids is 2. The third kappa shape index (κ3) is 6.64. The van der Waals surface area contributed by atoms with Crippen LogP contribution in [0.5, 0.6) is 0 Å². The number of ether oxygens (including phenoxy) is 2. The highest BCUT2D eigenvalue weighted by Gasteiger charge is 2.48. The minimum absolute atomic E-state index is 0.0747. The summed E-state index contributed by atoms with van der Waals surface area (Å²) in [5, 5.41) is 5.13. The van der Waals surface area contributed by atoms with E-state index >= 15 is 0 Å². The molecule has 1 unspecified atom stereocenters. The van der Waals surface area contributed by atoms with Gasteiger partial charge in [-0.2, -0.15) is 0 Å². The van der Waals surface area contributed by atoms with Crippen LogP contribution in [0.25, 0.3) is 0 Å². The number of benzene rings is 2. The molecule has 2 aromatic rings. The summed E-state index contributed by atoms with van der Waals surface area (Å²) in [6.07, 6.45) is -0.109. The van der Waals surface area contributed by atoms with Crippen molar-refractivity contribution in [3.63, 3.8) is 0 Å². The predicted octanol–water partition coefficient (Wildman–Crippen LogP) is 5.66. The first-order valence-electron chi connectivity index (χ1n) is 10.8. The summed E-state index contributed by atoms with van der Waals surface area (Å²) in [6, 6.07) is 14.5.